The Morgan fingerprint density at radius 1 is 1.46 bits per heavy atom. The molecule has 6 heteroatoms. The van der Waals surface area contributed by atoms with Gasteiger partial charge in [-0.1, -0.05) is 0 Å². The minimum absolute atomic E-state index is 0.335. The van der Waals surface area contributed by atoms with Crippen LogP contribution in [0.25, 0.3) is 0 Å². The number of nitrogens with two attached hydrogens (primary N) is 1. The normalized spacial score (nSPS) is 14.0. The lowest BCUT2D eigenvalue weighted by molar-refractivity contribution is 0.568. The summed E-state index contributed by atoms with van der Waals surface area (Å²) in [7, 11) is -3.64. The number of hydrogen-bond acceptors (Lipinski definition) is 3. The van der Waals surface area contributed by atoms with Crippen LogP contribution in [-0.2, 0) is 10.2 Å². The highest BCUT2D eigenvalue weighted by Gasteiger charge is 2.09. The Morgan fingerprint density at radius 2 is 2.00 bits per heavy atom. The van der Waals surface area contributed by atoms with Crippen LogP contribution in [0.15, 0.2) is 24.5 Å². The van der Waals surface area contributed by atoms with Crippen molar-refractivity contribution in [3.63, 3.8) is 0 Å². The van der Waals surface area contributed by atoms with Crippen molar-refractivity contribution < 1.29 is 8.42 Å². The molecule has 1 aromatic rings. The number of hydrogen-bond donors (Lipinski definition) is 2. The SMILES string of the molecule is C[C@@H](NS(N)(=O)=O)c1ccncc1. The van der Waals surface area contributed by atoms with Crippen molar-refractivity contribution in [2.45, 2.75) is 13.0 Å². The summed E-state index contributed by atoms with van der Waals surface area (Å²) in [4.78, 5) is 3.82. The maximum atomic E-state index is 10.7. The first-order chi connectivity index (χ1) is 5.99. The van der Waals surface area contributed by atoms with Gasteiger partial charge < -0.3 is 0 Å². The van der Waals surface area contributed by atoms with Crippen molar-refractivity contribution in [1.29, 1.82) is 0 Å². The van der Waals surface area contributed by atoms with E-state index in [4.69, 9.17) is 5.14 Å². The van der Waals surface area contributed by atoms with Crippen molar-refractivity contribution in [3.05, 3.63) is 30.1 Å². The van der Waals surface area contributed by atoms with Crippen LogP contribution in [0.1, 0.15) is 18.5 Å². The van der Waals surface area contributed by atoms with Crippen LogP contribution < -0.4 is 9.86 Å². The van der Waals surface area contributed by atoms with Crippen molar-refractivity contribution in [1.82, 2.24) is 9.71 Å². The Balaban J connectivity index is 2.76. The average Bonchev–Trinajstić information content (AvgIpc) is 2.03. The molecular formula is C7H11N3O2S. The molecule has 1 heterocycles. The molecule has 1 atom stereocenters. The van der Waals surface area contributed by atoms with E-state index in [1.54, 1.807) is 31.5 Å². The molecule has 13 heavy (non-hydrogen) atoms. The molecule has 0 saturated carbocycles. The topological polar surface area (TPSA) is 85.1 Å². The second-order valence-electron chi connectivity index (χ2n) is 2.67. The van der Waals surface area contributed by atoms with Gasteiger partial charge in [-0.3, -0.25) is 4.98 Å². The van der Waals surface area contributed by atoms with E-state index in [0.29, 0.717) is 0 Å². The molecule has 0 aliphatic heterocycles. The predicted molar refractivity (Wildman–Crippen MR) is 48.9 cm³/mol. The van der Waals surface area contributed by atoms with Gasteiger partial charge in [0.15, 0.2) is 0 Å². The number of aromatic nitrogens is 1. The van der Waals surface area contributed by atoms with Crippen molar-refractivity contribution in [2.75, 3.05) is 0 Å². The number of nitrogens with one attached hydrogen (secondary N) is 1. The van der Waals surface area contributed by atoms with E-state index < -0.39 is 10.2 Å². The van der Waals surface area contributed by atoms with E-state index >= 15 is 0 Å². The van der Waals surface area contributed by atoms with Gasteiger partial charge in [-0.15, -0.1) is 0 Å². The summed E-state index contributed by atoms with van der Waals surface area (Å²) in [6.07, 6.45) is 3.19. The zero-order valence-corrected chi connectivity index (χ0v) is 7.95. The first kappa shape index (κ1) is 10.1. The highest BCUT2D eigenvalue weighted by Crippen LogP contribution is 2.09. The van der Waals surface area contributed by atoms with E-state index in [2.05, 4.69) is 9.71 Å². The van der Waals surface area contributed by atoms with Gasteiger partial charge in [0, 0.05) is 18.4 Å². The summed E-state index contributed by atoms with van der Waals surface area (Å²) in [6.45, 7) is 1.71. The van der Waals surface area contributed by atoms with Gasteiger partial charge >= 0.3 is 0 Å². The maximum Gasteiger partial charge on any atom is 0.274 e. The van der Waals surface area contributed by atoms with Gasteiger partial charge in [0.05, 0.1) is 0 Å². The summed E-state index contributed by atoms with van der Waals surface area (Å²) >= 11 is 0. The zero-order valence-electron chi connectivity index (χ0n) is 7.14. The first-order valence-corrected chi connectivity index (χ1v) is 5.23. The fourth-order valence-corrected chi connectivity index (χ4v) is 1.60. The predicted octanol–water partition coefficient (Wildman–Crippen LogP) is -0.0643. The standard InChI is InChI=1S/C7H11N3O2S/c1-6(10-13(8,11)12)7-2-4-9-5-3-7/h2-6,10H,1H3,(H2,8,11,12)/t6-/m1/s1. The smallest absolute Gasteiger partial charge is 0.265 e. The monoisotopic (exact) mass is 201 g/mol. The third kappa shape index (κ3) is 3.49. The highest BCUT2D eigenvalue weighted by molar-refractivity contribution is 7.87. The molecule has 3 N–H and O–H groups in total. The second kappa shape index (κ2) is 3.82. The molecule has 0 unspecified atom stereocenters. The van der Waals surface area contributed by atoms with Crippen LogP contribution in [0.4, 0.5) is 0 Å². The van der Waals surface area contributed by atoms with E-state index in [-0.39, 0.29) is 6.04 Å². The molecule has 0 fully saturated rings. The molecule has 1 rings (SSSR count). The molecule has 0 radical (unpaired) electrons. The van der Waals surface area contributed by atoms with E-state index in [0.717, 1.165) is 5.56 Å². The zero-order chi connectivity index (χ0) is 9.90. The van der Waals surface area contributed by atoms with Crippen LogP contribution in [0.5, 0.6) is 0 Å². The molecule has 72 valence electrons. The Labute approximate surface area is 77.2 Å². The number of rotatable bonds is 3. The van der Waals surface area contributed by atoms with Crippen molar-refractivity contribution >= 4 is 10.2 Å². The summed E-state index contributed by atoms with van der Waals surface area (Å²) in [5.41, 5.74) is 0.823. The van der Waals surface area contributed by atoms with Gasteiger partial charge in [-0.25, -0.2) is 5.14 Å². The quantitative estimate of drug-likeness (QED) is 0.718. The molecule has 0 aliphatic carbocycles. The molecule has 0 spiro atoms. The Morgan fingerprint density at radius 3 is 2.46 bits per heavy atom. The molecule has 1 aromatic heterocycles. The maximum absolute atomic E-state index is 10.7. The molecular weight excluding hydrogens is 190 g/mol. The molecule has 0 aliphatic rings. The van der Waals surface area contributed by atoms with Crippen LogP contribution in [0.2, 0.25) is 0 Å². The number of pyridine rings is 1. The lowest BCUT2D eigenvalue weighted by Gasteiger charge is -2.11. The van der Waals surface area contributed by atoms with E-state index in [9.17, 15) is 8.42 Å². The summed E-state index contributed by atoms with van der Waals surface area (Å²) < 4.78 is 23.6. The van der Waals surface area contributed by atoms with Crippen LogP contribution in [-0.4, -0.2) is 13.4 Å². The molecule has 0 aromatic carbocycles. The van der Waals surface area contributed by atoms with Gasteiger partial charge in [-0.2, -0.15) is 13.1 Å². The molecule has 5 nitrogen and oxygen atoms in total. The minimum atomic E-state index is -3.64. The van der Waals surface area contributed by atoms with Crippen LogP contribution >= 0.6 is 0 Å². The summed E-state index contributed by atoms with van der Waals surface area (Å²) in [5, 5.41) is 4.82. The van der Waals surface area contributed by atoms with Crippen LogP contribution in [0, 0.1) is 0 Å². The fraction of sp³-hybridized carbons (Fsp3) is 0.286. The summed E-state index contributed by atoms with van der Waals surface area (Å²) in [6, 6.07) is 3.11. The molecule has 0 amide bonds. The highest BCUT2D eigenvalue weighted by atomic mass is 32.2. The minimum Gasteiger partial charge on any atom is -0.265 e. The molecule has 0 bridgehead atoms. The third-order valence-electron chi connectivity index (χ3n) is 1.55. The van der Waals surface area contributed by atoms with E-state index in [1.807, 2.05) is 0 Å². The van der Waals surface area contributed by atoms with E-state index in [1.165, 1.54) is 0 Å². The average molecular weight is 201 g/mol. The first-order valence-electron chi connectivity index (χ1n) is 3.69. The van der Waals surface area contributed by atoms with Gasteiger partial charge in [0.1, 0.15) is 0 Å². The third-order valence-corrected chi connectivity index (χ3v) is 2.23. The van der Waals surface area contributed by atoms with Gasteiger partial charge in [-0.05, 0) is 24.6 Å². The Bertz CT molecular complexity index is 363. The lowest BCUT2D eigenvalue weighted by Crippen LogP contribution is -2.32. The number of nitrogens with zero attached hydrogens (tertiary/aromatic N) is 1. The Hall–Kier alpha value is -0.980. The summed E-state index contributed by atoms with van der Waals surface area (Å²) in [5.74, 6) is 0. The van der Waals surface area contributed by atoms with Crippen LogP contribution in [0.3, 0.4) is 0 Å². The fourth-order valence-electron chi connectivity index (χ4n) is 0.967. The van der Waals surface area contributed by atoms with Crippen molar-refractivity contribution in [2.24, 2.45) is 5.14 Å². The Kier molecular flexibility index (Phi) is 2.97. The largest absolute Gasteiger partial charge is 0.274 e. The van der Waals surface area contributed by atoms with Gasteiger partial charge in [0.2, 0.25) is 0 Å². The molecule has 0 saturated heterocycles. The van der Waals surface area contributed by atoms with Gasteiger partial charge in [0.25, 0.3) is 10.2 Å². The van der Waals surface area contributed by atoms with Crippen molar-refractivity contribution in [3.8, 4) is 0 Å². The lowest BCUT2D eigenvalue weighted by atomic mass is 10.1. The second-order valence-corrected chi connectivity index (χ2v) is 3.99.